The summed E-state index contributed by atoms with van der Waals surface area (Å²) in [6.45, 7) is 6.75. The van der Waals surface area contributed by atoms with Crippen LogP contribution in [0.15, 0.2) is 12.8 Å². The average Bonchev–Trinajstić information content (AvgIpc) is 2.15. The van der Waals surface area contributed by atoms with Gasteiger partial charge in [0.2, 0.25) is 0 Å². The maximum Gasteiger partial charge on any atom is 0.152 e. The Balaban J connectivity index is 2.51. The minimum Gasteiger partial charge on any atom is -0.381 e. The lowest BCUT2D eigenvalue weighted by atomic mass is 9.89. The summed E-state index contributed by atoms with van der Waals surface area (Å²) in [6.07, 6.45) is 3.53. The standard InChI is InChI=1S/C10H17NO2/c1-3-11-10(8(2)12)9-4-6-13-7-5-9/h3,9-11H,1,4-7H2,2H3. The molecule has 0 radical (unpaired) electrons. The van der Waals surface area contributed by atoms with Gasteiger partial charge < -0.3 is 10.1 Å². The molecule has 1 atom stereocenters. The van der Waals surface area contributed by atoms with E-state index in [0.717, 1.165) is 26.1 Å². The normalized spacial score (nSPS) is 20.7. The second-order valence-electron chi connectivity index (χ2n) is 3.41. The Morgan fingerprint density at radius 3 is 2.69 bits per heavy atom. The van der Waals surface area contributed by atoms with Gasteiger partial charge in [0.15, 0.2) is 5.78 Å². The molecule has 74 valence electrons. The van der Waals surface area contributed by atoms with Gasteiger partial charge in [0.1, 0.15) is 0 Å². The Morgan fingerprint density at radius 2 is 2.23 bits per heavy atom. The maximum absolute atomic E-state index is 11.3. The van der Waals surface area contributed by atoms with E-state index < -0.39 is 0 Å². The molecule has 0 spiro atoms. The van der Waals surface area contributed by atoms with Crippen molar-refractivity contribution in [2.75, 3.05) is 13.2 Å². The lowest BCUT2D eigenvalue weighted by Crippen LogP contribution is -2.41. The van der Waals surface area contributed by atoms with E-state index in [2.05, 4.69) is 11.9 Å². The van der Waals surface area contributed by atoms with Gasteiger partial charge in [0.25, 0.3) is 0 Å². The zero-order valence-corrected chi connectivity index (χ0v) is 8.08. The van der Waals surface area contributed by atoms with Crippen molar-refractivity contribution in [1.82, 2.24) is 5.32 Å². The summed E-state index contributed by atoms with van der Waals surface area (Å²) in [4.78, 5) is 11.3. The third kappa shape index (κ3) is 2.84. The van der Waals surface area contributed by atoms with E-state index in [1.165, 1.54) is 0 Å². The SMILES string of the molecule is C=CNC(C(C)=O)C1CCOCC1. The molecule has 1 unspecified atom stereocenters. The van der Waals surface area contributed by atoms with E-state index in [9.17, 15) is 4.79 Å². The van der Waals surface area contributed by atoms with Crippen LogP contribution >= 0.6 is 0 Å². The van der Waals surface area contributed by atoms with Crippen molar-refractivity contribution in [1.29, 1.82) is 0 Å². The molecular formula is C10H17NO2. The first kappa shape index (κ1) is 10.3. The van der Waals surface area contributed by atoms with Crippen molar-refractivity contribution in [3.8, 4) is 0 Å². The predicted molar refractivity (Wildman–Crippen MR) is 51.3 cm³/mol. The minimum atomic E-state index is -0.0681. The number of nitrogens with one attached hydrogen (secondary N) is 1. The van der Waals surface area contributed by atoms with Crippen LogP contribution in [0.3, 0.4) is 0 Å². The molecule has 13 heavy (non-hydrogen) atoms. The van der Waals surface area contributed by atoms with Gasteiger partial charge in [-0.05, 0) is 31.9 Å². The summed E-state index contributed by atoms with van der Waals surface area (Å²) < 4.78 is 5.24. The summed E-state index contributed by atoms with van der Waals surface area (Å²) in [5.74, 6) is 0.594. The van der Waals surface area contributed by atoms with Crippen molar-refractivity contribution in [3.63, 3.8) is 0 Å². The molecule has 0 aliphatic carbocycles. The Kier molecular flexibility index (Phi) is 3.96. The Bertz CT molecular complexity index is 185. The summed E-state index contributed by atoms with van der Waals surface area (Å²) in [7, 11) is 0. The largest absolute Gasteiger partial charge is 0.381 e. The fourth-order valence-electron chi connectivity index (χ4n) is 1.76. The number of ketones is 1. The number of Topliss-reactive ketones (excluding diaryl/α,β-unsaturated/α-hetero) is 1. The van der Waals surface area contributed by atoms with E-state index in [0.29, 0.717) is 5.92 Å². The van der Waals surface area contributed by atoms with E-state index >= 15 is 0 Å². The van der Waals surface area contributed by atoms with Crippen LogP contribution in [0, 0.1) is 5.92 Å². The first-order chi connectivity index (χ1) is 6.25. The third-order valence-electron chi connectivity index (χ3n) is 2.47. The first-order valence-electron chi connectivity index (χ1n) is 4.71. The molecule has 1 N–H and O–H groups in total. The average molecular weight is 183 g/mol. The fourth-order valence-corrected chi connectivity index (χ4v) is 1.76. The van der Waals surface area contributed by atoms with Crippen LogP contribution in [0.2, 0.25) is 0 Å². The van der Waals surface area contributed by atoms with Gasteiger partial charge in [-0.25, -0.2) is 0 Å². The summed E-state index contributed by atoms with van der Waals surface area (Å²) in [6, 6.07) is -0.0681. The molecule has 1 heterocycles. The van der Waals surface area contributed by atoms with Crippen LogP contribution in [0.25, 0.3) is 0 Å². The molecule has 0 bridgehead atoms. The Labute approximate surface area is 79.2 Å². The van der Waals surface area contributed by atoms with Gasteiger partial charge in [0.05, 0.1) is 6.04 Å². The van der Waals surface area contributed by atoms with Crippen molar-refractivity contribution >= 4 is 5.78 Å². The second kappa shape index (κ2) is 5.02. The molecule has 0 amide bonds. The minimum absolute atomic E-state index is 0.0681. The van der Waals surface area contributed by atoms with E-state index in [4.69, 9.17) is 4.74 Å². The topological polar surface area (TPSA) is 38.3 Å². The van der Waals surface area contributed by atoms with Gasteiger partial charge in [-0.3, -0.25) is 4.79 Å². The molecule has 3 heteroatoms. The van der Waals surface area contributed by atoms with Crippen LogP contribution in [0.1, 0.15) is 19.8 Å². The lowest BCUT2D eigenvalue weighted by molar-refractivity contribution is -0.120. The smallest absolute Gasteiger partial charge is 0.152 e. The number of hydrogen-bond donors (Lipinski definition) is 1. The van der Waals surface area contributed by atoms with Gasteiger partial charge in [0, 0.05) is 13.2 Å². The fraction of sp³-hybridized carbons (Fsp3) is 0.700. The zero-order valence-electron chi connectivity index (χ0n) is 8.08. The first-order valence-corrected chi connectivity index (χ1v) is 4.71. The highest BCUT2D eigenvalue weighted by atomic mass is 16.5. The molecule has 1 aliphatic heterocycles. The predicted octanol–water partition coefficient (Wildman–Crippen LogP) is 1.10. The van der Waals surface area contributed by atoms with Crippen molar-refractivity contribution in [2.45, 2.75) is 25.8 Å². The van der Waals surface area contributed by atoms with Crippen LogP contribution in [0.4, 0.5) is 0 Å². The van der Waals surface area contributed by atoms with E-state index in [1.54, 1.807) is 13.1 Å². The number of carbonyl (C=O) groups is 1. The molecule has 3 nitrogen and oxygen atoms in total. The number of rotatable bonds is 4. The maximum atomic E-state index is 11.3. The number of ether oxygens (including phenoxy) is 1. The van der Waals surface area contributed by atoms with Crippen molar-refractivity contribution in [3.05, 3.63) is 12.8 Å². The zero-order chi connectivity index (χ0) is 9.68. The second-order valence-corrected chi connectivity index (χ2v) is 3.41. The highest BCUT2D eigenvalue weighted by Crippen LogP contribution is 2.19. The molecule has 0 aromatic rings. The van der Waals surface area contributed by atoms with E-state index in [-0.39, 0.29) is 11.8 Å². The quantitative estimate of drug-likeness (QED) is 0.709. The highest BCUT2D eigenvalue weighted by Gasteiger charge is 2.26. The third-order valence-corrected chi connectivity index (χ3v) is 2.47. The van der Waals surface area contributed by atoms with Crippen molar-refractivity contribution < 1.29 is 9.53 Å². The molecule has 0 aromatic heterocycles. The van der Waals surface area contributed by atoms with Crippen LogP contribution in [0.5, 0.6) is 0 Å². The number of hydrogen-bond acceptors (Lipinski definition) is 3. The highest BCUT2D eigenvalue weighted by molar-refractivity contribution is 5.81. The Hall–Kier alpha value is -0.830. The number of carbonyl (C=O) groups excluding carboxylic acids is 1. The van der Waals surface area contributed by atoms with Gasteiger partial charge >= 0.3 is 0 Å². The van der Waals surface area contributed by atoms with Gasteiger partial charge in [-0.15, -0.1) is 0 Å². The summed E-state index contributed by atoms with van der Waals surface area (Å²) in [5, 5.41) is 3.01. The Morgan fingerprint density at radius 1 is 1.62 bits per heavy atom. The molecule has 1 aliphatic rings. The summed E-state index contributed by atoms with van der Waals surface area (Å²) >= 11 is 0. The van der Waals surface area contributed by atoms with E-state index in [1.807, 2.05) is 0 Å². The molecule has 0 saturated carbocycles. The lowest BCUT2D eigenvalue weighted by Gasteiger charge is -2.28. The molecule has 1 rings (SSSR count). The van der Waals surface area contributed by atoms with Crippen molar-refractivity contribution in [2.24, 2.45) is 5.92 Å². The molecule has 0 aromatic carbocycles. The summed E-state index contributed by atoms with van der Waals surface area (Å²) in [5.41, 5.74) is 0. The molecule has 1 fully saturated rings. The van der Waals surface area contributed by atoms with Crippen LogP contribution in [-0.2, 0) is 9.53 Å². The molecule has 1 saturated heterocycles. The van der Waals surface area contributed by atoms with Crippen LogP contribution in [-0.4, -0.2) is 25.0 Å². The van der Waals surface area contributed by atoms with Gasteiger partial charge in [-0.2, -0.15) is 0 Å². The molecular weight excluding hydrogens is 166 g/mol. The van der Waals surface area contributed by atoms with Gasteiger partial charge in [-0.1, -0.05) is 6.58 Å². The van der Waals surface area contributed by atoms with Crippen LogP contribution < -0.4 is 5.32 Å². The monoisotopic (exact) mass is 183 g/mol.